The van der Waals surface area contributed by atoms with Crippen LogP contribution in [-0.2, 0) is 4.79 Å². The number of amides is 1. The van der Waals surface area contributed by atoms with Gasteiger partial charge in [-0.25, -0.2) is 4.98 Å². The molecule has 0 atom stereocenters. The lowest BCUT2D eigenvalue weighted by Gasteiger charge is -2.05. The Balaban J connectivity index is 1.83. The van der Waals surface area contributed by atoms with Crippen LogP contribution in [0.4, 0.5) is 5.95 Å². The number of nitrogens with zero attached hydrogens (tertiary/aromatic N) is 2. The van der Waals surface area contributed by atoms with E-state index in [1.165, 1.54) is 6.20 Å². The zero-order chi connectivity index (χ0) is 12.8. The summed E-state index contributed by atoms with van der Waals surface area (Å²) in [6.45, 7) is -0.118. The van der Waals surface area contributed by atoms with Gasteiger partial charge in [0.25, 0.3) is 5.91 Å². The molecule has 18 heavy (non-hydrogen) atoms. The van der Waals surface area contributed by atoms with Crippen LogP contribution in [0.5, 0.6) is 5.75 Å². The van der Waals surface area contributed by atoms with Crippen molar-refractivity contribution in [3.63, 3.8) is 0 Å². The molecular weight excluding hydrogens is 232 g/mol. The Morgan fingerprint density at radius 3 is 2.83 bits per heavy atom. The van der Waals surface area contributed by atoms with E-state index in [1.807, 2.05) is 6.07 Å². The third-order valence-corrected chi connectivity index (χ3v) is 2.11. The van der Waals surface area contributed by atoms with Crippen LogP contribution in [0.15, 0.2) is 36.7 Å². The van der Waals surface area contributed by atoms with E-state index in [0.29, 0.717) is 17.3 Å². The van der Waals surface area contributed by atoms with E-state index in [1.54, 1.807) is 30.5 Å². The summed E-state index contributed by atoms with van der Waals surface area (Å²) in [4.78, 5) is 18.1. The third-order valence-electron chi connectivity index (χ3n) is 2.11. The van der Waals surface area contributed by atoms with E-state index < -0.39 is 0 Å². The van der Waals surface area contributed by atoms with Gasteiger partial charge in [0, 0.05) is 12.4 Å². The summed E-state index contributed by atoms with van der Waals surface area (Å²) in [5.41, 5.74) is 0.544. The van der Waals surface area contributed by atoms with Crippen molar-refractivity contribution in [1.29, 1.82) is 5.26 Å². The maximum atomic E-state index is 11.5. The van der Waals surface area contributed by atoms with Crippen molar-refractivity contribution in [3.8, 4) is 11.8 Å². The molecule has 6 nitrogen and oxygen atoms in total. The summed E-state index contributed by atoms with van der Waals surface area (Å²) in [6, 6.07) is 8.53. The van der Waals surface area contributed by atoms with Gasteiger partial charge in [-0.2, -0.15) is 5.26 Å². The largest absolute Gasteiger partial charge is 0.484 e. The summed E-state index contributed by atoms with van der Waals surface area (Å²) >= 11 is 0. The molecule has 0 saturated heterocycles. The van der Waals surface area contributed by atoms with Gasteiger partial charge in [0.1, 0.15) is 5.75 Å². The van der Waals surface area contributed by atoms with Gasteiger partial charge < -0.3 is 9.72 Å². The number of anilines is 1. The number of hydrogen-bond donors (Lipinski definition) is 2. The highest BCUT2D eigenvalue weighted by Crippen LogP contribution is 2.11. The molecule has 1 aromatic heterocycles. The number of ether oxygens (including phenoxy) is 1. The first-order valence-corrected chi connectivity index (χ1v) is 5.20. The number of aromatic nitrogens is 2. The molecule has 1 amide bonds. The highest BCUT2D eigenvalue weighted by molar-refractivity contribution is 5.90. The van der Waals surface area contributed by atoms with Crippen molar-refractivity contribution < 1.29 is 9.53 Å². The lowest BCUT2D eigenvalue weighted by Crippen LogP contribution is -2.20. The fraction of sp³-hybridized carbons (Fsp3) is 0.0833. The molecule has 1 aromatic carbocycles. The number of rotatable bonds is 4. The van der Waals surface area contributed by atoms with Gasteiger partial charge in [-0.3, -0.25) is 10.1 Å². The van der Waals surface area contributed by atoms with Gasteiger partial charge in [-0.15, -0.1) is 0 Å². The molecular formula is C12H10N4O2. The van der Waals surface area contributed by atoms with Crippen LogP contribution in [-0.4, -0.2) is 22.5 Å². The Bertz CT molecular complexity index is 555. The number of benzene rings is 1. The molecule has 0 aliphatic carbocycles. The number of nitriles is 1. The molecule has 0 aliphatic rings. The fourth-order valence-corrected chi connectivity index (χ4v) is 1.28. The number of carbonyl (C=O) groups excluding carboxylic acids is 1. The maximum Gasteiger partial charge on any atom is 0.264 e. The van der Waals surface area contributed by atoms with Crippen molar-refractivity contribution >= 4 is 11.9 Å². The second kappa shape index (κ2) is 5.50. The van der Waals surface area contributed by atoms with Crippen LogP contribution < -0.4 is 10.1 Å². The van der Waals surface area contributed by atoms with Gasteiger partial charge in [0.15, 0.2) is 6.61 Å². The lowest BCUT2D eigenvalue weighted by atomic mass is 10.2. The summed E-state index contributed by atoms with van der Waals surface area (Å²) in [6.07, 6.45) is 3.15. The van der Waals surface area contributed by atoms with E-state index in [-0.39, 0.29) is 12.5 Å². The first-order chi connectivity index (χ1) is 8.78. The molecule has 0 radical (unpaired) electrons. The number of carbonyl (C=O) groups is 1. The Kier molecular flexibility index (Phi) is 3.56. The predicted octanol–water partition coefficient (Wildman–Crippen LogP) is 1.30. The lowest BCUT2D eigenvalue weighted by molar-refractivity contribution is -0.118. The van der Waals surface area contributed by atoms with Crippen LogP contribution in [0.25, 0.3) is 0 Å². The zero-order valence-electron chi connectivity index (χ0n) is 9.38. The highest BCUT2D eigenvalue weighted by atomic mass is 16.5. The van der Waals surface area contributed by atoms with Crippen LogP contribution >= 0.6 is 0 Å². The van der Waals surface area contributed by atoms with Crippen molar-refractivity contribution in [2.24, 2.45) is 0 Å². The molecule has 2 N–H and O–H groups in total. The summed E-state index contributed by atoms with van der Waals surface area (Å²) in [5, 5.41) is 11.2. The zero-order valence-corrected chi connectivity index (χ0v) is 9.38. The van der Waals surface area contributed by atoms with Crippen LogP contribution in [0.3, 0.4) is 0 Å². The Hall–Kier alpha value is -2.81. The van der Waals surface area contributed by atoms with Crippen LogP contribution in [0.2, 0.25) is 0 Å². The second-order valence-electron chi connectivity index (χ2n) is 3.41. The van der Waals surface area contributed by atoms with Crippen LogP contribution in [0.1, 0.15) is 5.56 Å². The fourth-order valence-electron chi connectivity index (χ4n) is 1.28. The van der Waals surface area contributed by atoms with E-state index in [4.69, 9.17) is 10.00 Å². The molecule has 2 rings (SSSR count). The van der Waals surface area contributed by atoms with E-state index in [9.17, 15) is 4.79 Å². The molecule has 0 saturated carbocycles. The minimum Gasteiger partial charge on any atom is -0.484 e. The number of aromatic amines is 1. The highest BCUT2D eigenvalue weighted by Gasteiger charge is 2.04. The van der Waals surface area contributed by atoms with Gasteiger partial charge in [0.2, 0.25) is 5.95 Å². The molecule has 0 spiro atoms. The molecule has 0 aliphatic heterocycles. The first kappa shape index (κ1) is 11.7. The quantitative estimate of drug-likeness (QED) is 0.845. The van der Waals surface area contributed by atoms with E-state index >= 15 is 0 Å². The molecule has 0 fully saturated rings. The SMILES string of the molecule is N#Cc1ccc(OCC(=O)Nc2ncc[nH]2)cc1. The standard InChI is InChI=1S/C12H10N4O2/c13-7-9-1-3-10(4-2-9)18-8-11(17)16-12-14-5-6-15-12/h1-6H,8H2,(H2,14,15,16,17). The Morgan fingerprint density at radius 1 is 1.44 bits per heavy atom. The van der Waals surface area contributed by atoms with Crippen molar-refractivity contribution in [2.45, 2.75) is 0 Å². The second-order valence-corrected chi connectivity index (χ2v) is 3.41. The monoisotopic (exact) mass is 242 g/mol. The summed E-state index contributed by atoms with van der Waals surface area (Å²) < 4.78 is 5.25. The topological polar surface area (TPSA) is 90.8 Å². The Labute approximate surface area is 103 Å². The minimum atomic E-state index is -0.311. The molecule has 0 unspecified atom stereocenters. The number of hydrogen-bond acceptors (Lipinski definition) is 4. The predicted molar refractivity (Wildman–Crippen MR) is 63.9 cm³/mol. The van der Waals surface area contributed by atoms with Gasteiger partial charge in [-0.05, 0) is 24.3 Å². The molecule has 0 bridgehead atoms. The molecule has 2 aromatic rings. The van der Waals surface area contributed by atoms with Crippen molar-refractivity contribution in [1.82, 2.24) is 9.97 Å². The van der Waals surface area contributed by atoms with E-state index in [0.717, 1.165) is 0 Å². The van der Waals surface area contributed by atoms with Crippen molar-refractivity contribution in [3.05, 3.63) is 42.2 Å². The third kappa shape index (κ3) is 3.09. The molecule has 6 heteroatoms. The van der Waals surface area contributed by atoms with Gasteiger partial charge in [0.05, 0.1) is 11.6 Å². The smallest absolute Gasteiger partial charge is 0.264 e. The number of imidazole rings is 1. The molecule has 1 heterocycles. The normalized spacial score (nSPS) is 9.50. The summed E-state index contributed by atoms with van der Waals surface area (Å²) in [5.74, 6) is 0.598. The number of nitrogens with one attached hydrogen (secondary N) is 2. The average Bonchev–Trinajstić information content (AvgIpc) is 2.90. The Morgan fingerprint density at radius 2 is 2.22 bits per heavy atom. The van der Waals surface area contributed by atoms with Gasteiger partial charge in [-0.1, -0.05) is 0 Å². The summed E-state index contributed by atoms with van der Waals surface area (Å²) in [7, 11) is 0. The minimum absolute atomic E-state index is 0.118. The average molecular weight is 242 g/mol. The number of H-pyrrole nitrogens is 1. The first-order valence-electron chi connectivity index (χ1n) is 5.20. The molecule has 90 valence electrons. The van der Waals surface area contributed by atoms with Crippen molar-refractivity contribution in [2.75, 3.05) is 11.9 Å². The van der Waals surface area contributed by atoms with E-state index in [2.05, 4.69) is 15.3 Å². The van der Waals surface area contributed by atoms with Gasteiger partial charge >= 0.3 is 0 Å². The van der Waals surface area contributed by atoms with Crippen LogP contribution in [0, 0.1) is 11.3 Å². The maximum absolute atomic E-state index is 11.5.